The monoisotopic (exact) mass is 282 g/mol. The number of rotatable bonds is 3. The van der Waals surface area contributed by atoms with Crippen LogP contribution in [0.15, 0.2) is 42.5 Å². The molecule has 1 nitrogen and oxygen atoms in total. The number of aldehydes is 1. The van der Waals surface area contributed by atoms with E-state index >= 15 is 0 Å². The summed E-state index contributed by atoms with van der Waals surface area (Å²) in [5, 5.41) is 0. The SMILES string of the molecule is O=Cc1ccc(F)c(Cc2cccc(C(F)(F)F)c2)c1. The van der Waals surface area contributed by atoms with Gasteiger partial charge < -0.3 is 0 Å². The van der Waals surface area contributed by atoms with Crippen LogP contribution in [0.1, 0.15) is 27.0 Å². The first kappa shape index (κ1) is 14.2. The first-order valence-electron chi connectivity index (χ1n) is 5.80. The van der Waals surface area contributed by atoms with Crippen LogP contribution in [0, 0.1) is 5.82 Å². The summed E-state index contributed by atoms with van der Waals surface area (Å²) in [5.74, 6) is -0.548. The minimum Gasteiger partial charge on any atom is -0.298 e. The summed E-state index contributed by atoms with van der Waals surface area (Å²) in [6.45, 7) is 0. The third kappa shape index (κ3) is 3.23. The number of hydrogen-bond donors (Lipinski definition) is 0. The van der Waals surface area contributed by atoms with Crippen LogP contribution in [0.3, 0.4) is 0 Å². The van der Waals surface area contributed by atoms with E-state index in [-0.39, 0.29) is 17.5 Å². The third-order valence-corrected chi connectivity index (χ3v) is 2.85. The molecule has 0 heterocycles. The highest BCUT2D eigenvalue weighted by Gasteiger charge is 2.30. The van der Waals surface area contributed by atoms with Crippen molar-refractivity contribution in [2.24, 2.45) is 0 Å². The summed E-state index contributed by atoms with van der Waals surface area (Å²) in [6, 6.07) is 8.49. The van der Waals surface area contributed by atoms with Crippen molar-refractivity contribution in [2.75, 3.05) is 0 Å². The highest BCUT2D eigenvalue weighted by molar-refractivity contribution is 5.75. The predicted molar refractivity (Wildman–Crippen MR) is 66.0 cm³/mol. The molecule has 2 aromatic carbocycles. The Morgan fingerprint density at radius 3 is 2.45 bits per heavy atom. The minimum absolute atomic E-state index is 0.00255. The molecule has 0 radical (unpaired) electrons. The average Bonchev–Trinajstić information content (AvgIpc) is 2.41. The van der Waals surface area contributed by atoms with Crippen LogP contribution in [0.2, 0.25) is 0 Å². The first-order valence-corrected chi connectivity index (χ1v) is 5.80. The maximum absolute atomic E-state index is 13.6. The van der Waals surface area contributed by atoms with Gasteiger partial charge >= 0.3 is 6.18 Å². The fraction of sp³-hybridized carbons (Fsp3) is 0.133. The van der Waals surface area contributed by atoms with Gasteiger partial charge in [-0.2, -0.15) is 13.2 Å². The van der Waals surface area contributed by atoms with E-state index in [1.807, 2.05) is 0 Å². The van der Waals surface area contributed by atoms with Crippen molar-refractivity contribution in [1.82, 2.24) is 0 Å². The standard InChI is InChI=1S/C15H10F4O/c16-14-5-4-11(9-20)7-12(14)6-10-2-1-3-13(8-10)15(17,18)19/h1-5,7-9H,6H2. The molecule has 5 heteroatoms. The van der Waals surface area contributed by atoms with Gasteiger partial charge in [0.15, 0.2) is 0 Å². The van der Waals surface area contributed by atoms with Crippen LogP contribution in [0.5, 0.6) is 0 Å². The molecule has 0 N–H and O–H groups in total. The van der Waals surface area contributed by atoms with Crippen molar-refractivity contribution in [3.05, 3.63) is 70.5 Å². The van der Waals surface area contributed by atoms with Gasteiger partial charge in [0.05, 0.1) is 5.56 Å². The highest BCUT2D eigenvalue weighted by Crippen LogP contribution is 2.30. The Morgan fingerprint density at radius 2 is 1.80 bits per heavy atom. The van der Waals surface area contributed by atoms with Gasteiger partial charge in [0.2, 0.25) is 0 Å². The predicted octanol–water partition coefficient (Wildman–Crippen LogP) is 4.25. The van der Waals surface area contributed by atoms with E-state index in [4.69, 9.17) is 0 Å². The van der Waals surface area contributed by atoms with E-state index in [1.54, 1.807) is 0 Å². The summed E-state index contributed by atoms with van der Waals surface area (Å²) in [4.78, 5) is 10.6. The zero-order valence-electron chi connectivity index (χ0n) is 10.2. The van der Waals surface area contributed by atoms with Gasteiger partial charge in [-0.15, -0.1) is 0 Å². The van der Waals surface area contributed by atoms with Crippen molar-refractivity contribution >= 4 is 6.29 Å². The quantitative estimate of drug-likeness (QED) is 0.607. The van der Waals surface area contributed by atoms with Gasteiger partial charge in [-0.1, -0.05) is 18.2 Å². The van der Waals surface area contributed by atoms with Gasteiger partial charge in [-0.3, -0.25) is 4.79 Å². The number of benzene rings is 2. The van der Waals surface area contributed by atoms with Crippen LogP contribution in [0.4, 0.5) is 17.6 Å². The number of alkyl halides is 3. The zero-order chi connectivity index (χ0) is 14.8. The largest absolute Gasteiger partial charge is 0.416 e. The van der Waals surface area contributed by atoms with Crippen molar-refractivity contribution < 1.29 is 22.4 Å². The molecule has 0 bridgehead atoms. The lowest BCUT2D eigenvalue weighted by Gasteiger charge is -2.09. The topological polar surface area (TPSA) is 17.1 Å². The molecule has 0 saturated carbocycles. The third-order valence-electron chi connectivity index (χ3n) is 2.85. The molecule has 104 valence electrons. The Balaban J connectivity index is 2.33. The second kappa shape index (κ2) is 5.45. The fourth-order valence-corrected chi connectivity index (χ4v) is 1.88. The number of halogens is 4. The Hall–Kier alpha value is -2.17. The van der Waals surface area contributed by atoms with Crippen molar-refractivity contribution in [3.63, 3.8) is 0 Å². The maximum atomic E-state index is 13.6. The van der Waals surface area contributed by atoms with Crippen molar-refractivity contribution in [2.45, 2.75) is 12.6 Å². The molecule has 20 heavy (non-hydrogen) atoms. The molecule has 0 unspecified atom stereocenters. The Labute approximate surface area is 112 Å². The summed E-state index contributed by atoms with van der Waals surface area (Å²) in [5.41, 5.74) is 0.0334. The number of carbonyl (C=O) groups excluding carboxylic acids is 1. The molecule has 2 aromatic rings. The van der Waals surface area contributed by atoms with Gasteiger partial charge in [0.1, 0.15) is 12.1 Å². The van der Waals surface area contributed by atoms with Gasteiger partial charge in [-0.05, 0) is 35.4 Å². The Kier molecular flexibility index (Phi) is 3.88. The van der Waals surface area contributed by atoms with E-state index in [2.05, 4.69) is 0 Å². The molecule has 0 atom stereocenters. The van der Waals surface area contributed by atoms with Crippen LogP contribution >= 0.6 is 0 Å². The molecule has 0 spiro atoms. The van der Waals surface area contributed by atoms with E-state index in [0.29, 0.717) is 11.8 Å². The summed E-state index contributed by atoms with van der Waals surface area (Å²) in [6.07, 6.45) is -3.87. The van der Waals surface area contributed by atoms with Gasteiger partial charge in [0.25, 0.3) is 0 Å². The summed E-state index contributed by atoms with van der Waals surface area (Å²) < 4.78 is 51.3. The first-order chi connectivity index (χ1) is 9.40. The molecule has 0 aliphatic heterocycles. The molecule has 0 aliphatic carbocycles. The van der Waals surface area contributed by atoms with E-state index in [9.17, 15) is 22.4 Å². The van der Waals surface area contributed by atoms with E-state index < -0.39 is 17.6 Å². The lowest BCUT2D eigenvalue weighted by molar-refractivity contribution is -0.137. The van der Waals surface area contributed by atoms with Crippen LogP contribution in [0.25, 0.3) is 0 Å². The number of hydrogen-bond acceptors (Lipinski definition) is 1. The second-order valence-corrected chi connectivity index (χ2v) is 4.34. The van der Waals surface area contributed by atoms with E-state index in [1.165, 1.54) is 24.3 Å². The maximum Gasteiger partial charge on any atom is 0.416 e. The lowest BCUT2D eigenvalue weighted by Crippen LogP contribution is -2.05. The van der Waals surface area contributed by atoms with Crippen molar-refractivity contribution in [1.29, 1.82) is 0 Å². The summed E-state index contributed by atoms with van der Waals surface area (Å²) >= 11 is 0. The van der Waals surface area contributed by atoms with Gasteiger partial charge in [0, 0.05) is 12.0 Å². The minimum atomic E-state index is -4.43. The van der Waals surface area contributed by atoms with Crippen LogP contribution in [-0.2, 0) is 12.6 Å². The molecule has 0 saturated heterocycles. The molecule has 0 fully saturated rings. The fourth-order valence-electron chi connectivity index (χ4n) is 1.88. The highest BCUT2D eigenvalue weighted by atomic mass is 19.4. The molecule has 2 rings (SSSR count). The zero-order valence-corrected chi connectivity index (χ0v) is 10.2. The molecular weight excluding hydrogens is 272 g/mol. The molecule has 0 aliphatic rings. The normalized spacial score (nSPS) is 11.4. The lowest BCUT2D eigenvalue weighted by atomic mass is 10.0. The summed E-state index contributed by atoms with van der Waals surface area (Å²) in [7, 11) is 0. The molecular formula is C15H10F4O. The average molecular weight is 282 g/mol. The Morgan fingerprint density at radius 1 is 1.05 bits per heavy atom. The van der Waals surface area contributed by atoms with Crippen molar-refractivity contribution in [3.8, 4) is 0 Å². The Bertz CT molecular complexity index is 632. The van der Waals surface area contributed by atoms with Crippen LogP contribution in [-0.4, -0.2) is 6.29 Å². The second-order valence-electron chi connectivity index (χ2n) is 4.34. The smallest absolute Gasteiger partial charge is 0.298 e. The van der Waals surface area contributed by atoms with Gasteiger partial charge in [-0.25, -0.2) is 4.39 Å². The molecule has 0 amide bonds. The van der Waals surface area contributed by atoms with E-state index in [0.717, 1.165) is 18.2 Å². The van der Waals surface area contributed by atoms with Crippen LogP contribution < -0.4 is 0 Å². The number of carbonyl (C=O) groups is 1. The molecule has 0 aromatic heterocycles.